The van der Waals surface area contributed by atoms with Gasteiger partial charge in [-0.25, -0.2) is 0 Å². The predicted molar refractivity (Wildman–Crippen MR) is 127 cm³/mol. The molecule has 1 aliphatic carbocycles. The van der Waals surface area contributed by atoms with E-state index >= 15 is 0 Å². The van der Waals surface area contributed by atoms with E-state index in [2.05, 4.69) is 36.4 Å². The van der Waals surface area contributed by atoms with Crippen molar-refractivity contribution in [2.24, 2.45) is 11.8 Å². The third-order valence-electron chi connectivity index (χ3n) is 6.91. The number of rotatable bonds is 7. The van der Waals surface area contributed by atoms with Crippen LogP contribution in [0.15, 0.2) is 91.0 Å². The molecule has 3 aromatic carbocycles. The molecule has 1 saturated heterocycles. The largest absolute Gasteiger partial charge is 0.360 e. The predicted octanol–water partition coefficient (Wildman–Crippen LogP) is 5.35. The second-order valence-corrected chi connectivity index (χ2v) is 9.43. The van der Waals surface area contributed by atoms with Gasteiger partial charge in [0.05, 0.1) is 18.8 Å². The van der Waals surface area contributed by atoms with Gasteiger partial charge in [-0.3, -0.25) is 0 Å². The van der Waals surface area contributed by atoms with Crippen LogP contribution in [0.2, 0.25) is 0 Å². The lowest BCUT2D eigenvalue weighted by atomic mass is 9.80. The molecule has 1 aliphatic heterocycles. The Balaban J connectivity index is 1.57. The van der Waals surface area contributed by atoms with Crippen molar-refractivity contribution in [3.05, 3.63) is 108 Å². The summed E-state index contributed by atoms with van der Waals surface area (Å²) in [6, 6.07) is 30.9. The van der Waals surface area contributed by atoms with Gasteiger partial charge < -0.3 is 19.0 Å². The highest BCUT2D eigenvalue weighted by Crippen LogP contribution is 2.46. The minimum atomic E-state index is -0.815. The Morgan fingerprint density at radius 2 is 1.33 bits per heavy atom. The van der Waals surface area contributed by atoms with Gasteiger partial charge in [0.15, 0.2) is 5.79 Å². The number of fused-ring (bicyclic) bond motifs is 1. The molecule has 1 heterocycles. The van der Waals surface area contributed by atoms with Crippen molar-refractivity contribution in [3.8, 4) is 0 Å². The fourth-order valence-corrected chi connectivity index (χ4v) is 5.46. The summed E-state index contributed by atoms with van der Waals surface area (Å²) in [4.78, 5) is 12.0. The molecule has 4 heteroatoms. The van der Waals surface area contributed by atoms with Crippen LogP contribution in [0.5, 0.6) is 0 Å². The van der Waals surface area contributed by atoms with E-state index in [4.69, 9.17) is 14.2 Å². The monoisotopic (exact) mass is 442 g/mol. The number of carbonyl (C=O) groups excluding carboxylic acids is 1. The van der Waals surface area contributed by atoms with Gasteiger partial charge in [-0.15, -0.1) is 0 Å². The van der Waals surface area contributed by atoms with Crippen LogP contribution in [0.1, 0.15) is 37.0 Å². The van der Waals surface area contributed by atoms with Gasteiger partial charge in [-0.2, -0.15) is 0 Å². The Morgan fingerprint density at radius 3 is 1.79 bits per heavy atom. The first-order valence-electron chi connectivity index (χ1n) is 11.6. The maximum Gasteiger partial charge on any atom is 0.163 e. The Bertz CT molecular complexity index is 968. The smallest absolute Gasteiger partial charge is 0.163 e. The van der Waals surface area contributed by atoms with Crippen LogP contribution < -0.4 is 0 Å². The van der Waals surface area contributed by atoms with Crippen molar-refractivity contribution in [1.82, 2.24) is 0 Å². The van der Waals surface area contributed by atoms with Crippen LogP contribution >= 0.6 is 0 Å². The van der Waals surface area contributed by atoms with Gasteiger partial charge in [0.1, 0.15) is 11.9 Å². The fourth-order valence-electron chi connectivity index (χ4n) is 5.46. The van der Waals surface area contributed by atoms with Crippen LogP contribution in [0.3, 0.4) is 0 Å². The molecule has 2 aliphatic rings. The van der Waals surface area contributed by atoms with E-state index in [0.29, 0.717) is 13.0 Å². The van der Waals surface area contributed by atoms with Crippen LogP contribution in [0.25, 0.3) is 0 Å². The zero-order valence-corrected chi connectivity index (χ0v) is 19.1. The van der Waals surface area contributed by atoms with Crippen molar-refractivity contribution in [1.29, 1.82) is 0 Å². The SMILES string of the molecule is CC1(C)O[C@H]2[C@H](CC(C=O)[C@@H]2COC(c2ccccc2)(c2ccccc2)c2ccccc2)O1. The molecule has 0 N–H and O–H groups in total. The highest BCUT2D eigenvalue weighted by atomic mass is 16.8. The number of ether oxygens (including phenoxy) is 3. The second-order valence-electron chi connectivity index (χ2n) is 9.43. The molecular formula is C29H30O4. The summed E-state index contributed by atoms with van der Waals surface area (Å²) in [5, 5.41) is 0. The van der Waals surface area contributed by atoms with Crippen molar-refractivity contribution >= 4 is 6.29 Å². The number of hydrogen-bond acceptors (Lipinski definition) is 4. The van der Waals surface area contributed by atoms with E-state index in [-0.39, 0.29) is 24.0 Å². The lowest BCUT2D eigenvalue weighted by Gasteiger charge is -2.37. The van der Waals surface area contributed by atoms with E-state index in [1.807, 2.05) is 68.4 Å². The Hall–Kier alpha value is -2.79. The molecule has 0 spiro atoms. The molecule has 4 atom stereocenters. The summed E-state index contributed by atoms with van der Waals surface area (Å²) >= 11 is 0. The van der Waals surface area contributed by atoms with E-state index < -0.39 is 11.4 Å². The fraction of sp³-hybridized carbons (Fsp3) is 0.345. The minimum Gasteiger partial charge on any atom is -0.360 e. The molecule has 4 nitrogen and oxygen atoms in total. The maximum absolute atomic E-state index is 12.0. The van der Waals surface area contributed by atoms with Crippen molar-refractivity contribution in [2.45, 2.75) is 43.9 Å². The zero-order valence-electron chi connectivity index (χ0n) is 19.1. The molecular weight excluding hydrogens is 412 g/mol. The molecule has 33 heavy (non-hydrogen) atoms. The van der Waals surface area contributed by atoms with Gasteiger partial charge in [0.2, 0.25) is 0 Å². The summed E-state index contributed by atoms with van der Waals surface area (Å²) < 4.78 is 19.3. The number of hydrogen-bond donors (Lipinski definition) is 0. The summed E-state index contributed by atoms with van der Waals surface area (Å²) in [5.41, 5.74) is 2.32. The molecule has 170 valence electrons. The van der Waals surface area contributed by atoms with Crippen molar-refractivity contribution in [3.63, 3.8) is 0 Å². The second kappa shape index (κ2) is 8.86. The molecule has 0 amide bonds. The quantitative estimate of drug-likeness (QED) is 0.365. The summed E-state index contributed by atoms with van der Waals surface area (Å²) in [6.45, 7) is 4.24. The molecule has 0 aromatic heterocycles. The summed E-state index contributed by atoms with van der Waals surface area (Å²) in [7, 11) is 0. The first-order valence-corrected chi connectivity index (χ1v) is 11.6. The standard InChI is InChI=1S/C29H30O4/c1-28(2)32-26-18-21(19-30)25(27(26)33-28)20-31-29(22-12-6-3-7-13-22,23-14-8-4-9-15-23)24-16-10-5-11-17-24/h3-17,19,21,25-27H,18,20H2,1-2H3/t21?,25-,26-,27+/m0/s1. The normalized spacial score (nSPS) is 26.1. The topological polar surface area (TPSA) is 44.8 Å². The first-order chi connectivity index (χ1) is 16.0. The summed E-state index contributed by atoms with van der Waals surface area (Å²) in [5.74, 6) is -0.877. The lowest BCUT2D eigenvalue weighted by molar-refractivity contribution is -0.166. The van der Waals surface area contributed by atoms with Crippen molar-refractivity contribution < 1.29 is 19.0 Å². The molecule has 1 saturated carbocycles. The van der Waals surface area contributed by atoms with E-state index in [1.165, 1.54) is 0 Å². The van der Waals surface area contributed by atoms with Crippen LogP contribution in [0, 0.1) is 11.8 Å². The van der Waals surface area contributed by atoms with Gasteiger partial charge in [-0.1, -0.05) is 91.0 Å². The van der Waals surface area contributed by atoms with Gasteiger partial charge >= 0.3 is 0 Å². The molecule has 1 unspecified atom stereocenters. The summed E-state index contributed by atoms with van der Waals surface area (Å²) in [6.07, 6.45) is 1.47. The zero-order chi connectivity index (χ0) is 22.9. The van der Waals surface area contributed by atoms with Crippen LogP contribution in [-0.2, 0) is 24.6 Å². The lowest BCUT2D eigenvalue weighted by Crippen LogP contribution is -2.38. The third kappa shape index (κ3) is 4.04. The number of carbonyl (C=O) groups is 1. The minimum absolute atomic E-state index is 0.0789. The Morgan fingerprint density at radius 1 is 0.848 bits per heavy atom. The Kier molecular flexibility index (Phi) is 5.92. The van der Waals surface area contributed by atoms with Crippen LogP contribution in [0.4, 0.5) is 0 Å². The van der Waals surface area contributed by atoms with E-state index in [0.717, 1.165) is 23.0 Å². The van der Waals surface area contributed by atoms with Gasteiger partial charge in [-0.05, 0) is 37.0 Å². The molecule has 0 bridgehead atoms. The third-order valence-corrected chi connectivity index (χ3v) is 6.91. The highest BCUT2D eigenvalue weighted by Gasteiger charge is 2.54. The number of aldehydes is 1. The van der Waals surface area contributed by atoms with E-state index in [9.17, 15) is 4.79 Å². The van der Waals surface area contributed by atoms with E-state index in [1.54, 1.807) is 0 Å². The molecule has 5 rings (SSSR count). The molecule has 0 radical (unpaired) electrons. The number of benzene rings is 3. The average Bonchev–Trinajstić information content (AvgIpc) is 3.33. The molecule has 2 fully saturated rings. The highest BCUT2D eigenvalue weighted by molar-refractivity contribution is 5.55. The van der Waals surface area contributed by atoms with Crippen molar-refractivity contribution in [2.75, 3.05) is 6.61 Å². The molecule has 3 aromatic rings. The average molecular weight is 443 g/mol. The maximum atomic E-state index is 12.0. The van der Waals surface area contributed by atoms with Gasteiger partial charge in [0.25, 0.3) is 0 Å². The first kappa shape index (κ1) is 22.0. The van der Waals surface area contributed by atoms with Crippen LogP contribution in [-0.4, -0.2) is 30.9 Å². The Labute approximate surface area is 195 Å². The van der Waals surface area contributed by atoms with Gasteiger partial charge in [0, 0.05) is 11.8 Å².